The fourth-order valence-electron chi connectivity index (χ4n) is 1.91. The van der Waals surface area contributed by atoms with Crippen molar-refractivity contribution in [3.63, 3.8) is 0 Å². The fraction of sp³-hybridized carbons (Fsp3) is 0.438. The van der Waals surface area contributed by atoms with Crippen LogP contribution in [0.2, 0.25) is 0 Å². The summed E-state index contributed by atoms with van der Waals surface area (Å²) in [6, 6.07) is 5.87. The van der Waals surface area contributed by atoms with Crippen LogP contribution in [0.5, 0.6) is 0 Å². The Morgan fingerprint density at radius 2 is 2.21 bits per heavy atom. The van der Waals surface area contributed by atoms with Crippen LogP contribution in [0.3, 0.4) is 0 Å². The molecule has 1 rings (SSSR count). The standard InChI is InChI=1S/C16H22N2O/c1-4-6-13(3)18-16(19)15-11-12(2)8-9-14(15)7-5-10-17/h8-9,11,13H,4,6,10,17H2,1-3H3,(H,18,19). The maximum atomic E-state index is 12.3. The van der Waals surface area contributed by atoms with Crippen LogP contribution in [0.1, 0.15) is 48.2 Å². The van der Waals surface area contributed by atoms with E-state index in [4.69, 9.17) is 5.73 Å². The first-order valence-corrected chi connectivity index (χ1v) is 6.69. The van der Waals surface area contributed by atoms with Crippen molar-refractivity contribution in [3.05, 3.63) is 34.9 Å². The second-order valence-electron chi connectivity index (χ2n) is 4.72. The number of carbonyl (C=O) groups is 1. The SMILES string of the molecule is CCCC(C)NC(=O)c1cc(C)ccc1C#CCN. The number of rotatable bonds is 4. The largest absolute Gasteiger partial charge is 0.350 e. The van der Waals surface area contributed by atoms with Gasteiger partial charge in [-0.1, -0.05) is 36.8 Å². The van der Waals surface area contributed by atoms with Gasteiger partial charge in [-0.3, -0.25) is 4.79 Å². The molecule has 1 aromatic rings. The van der Waals surface area contributed by atoms with E-state index in [-0.39, 0.29) is 11.9 Å². The second-order valence-corrected chi connectivity index (χ2v) is 4.72. The van der Waals surface area contributed by atoms with E-state index in [0.29, 0.717) is 12.1 Å². The number of carbonyl (C=O) groups excluding carboxylic acids is 1. The second kappa shape index (κ2) is 7.60. The van der Waals surface area contributed by atoms with Gasteiger partial charge in [-0.15, -0.1) is 0 Å². The highest BCUT2D eigenvalue weighted by Crippen LogP contribution is 2.11. The number of hydrogen-bond acceptors (Lipinski definition) is 2. The van der Waals surface area contributed by atoms with Crippen LogP contribution >= 0.6 is 0 Å². The average Bonchev–Trinajstić information content (AvgIpc) is 2.37. The van der Waals surface area contributed by atoms with Gasteiger partial charge in [0.15, 0.2) is 0 Å². The van der Waals surface area contributed by atoms with Crippen LogP contribution in [-0.2, 0) is 0 Å². The highest BCUT2D eigenvalue weighted by atomic mass is 16.1. The van der Waals surface area contributed by atoms with Gasteiger partial charge in [0.05, 0.1) is 12.1 Å². The Labute approximate surface area is 115 Å². The summed E-state index contributed by atoms with van der Waals surface area (Å²) in [6.07, 6.45) is 2.02. The lowest BCUT2D eigenvalue weighted by molar-refractivity contribution is 0.0938. The Balaban J connectivity index is 2.97. The Kier molecular flexibility index (Phi) is 6.11. The van der Waals surface area contributed by atoms with Crippen LogP contribution in [0.15, 0.2) is 18.2 Å². The van der Waals surface area contributed by atoms with Gasteiger partial charge in [-0.2, -0.15) is 0 Å². The summed E-state index contributed by atoms with van der Waals surface area (Å²) in [5.41, 5.74) is 7.79. The minimum Gasteiger partial charge on any atom is -0.350 e. The zero-order valence-corrected chi connectivity index (χ0v) is 11.9. The van der Waals surface area contributed by atoms with E-state index in [1.165, 1.54) is 0 Å². The third-order valence-corrected chi connectivity index (χ3v) is 2.84. The summed E-state index contributed by atoms with van der Waals surface area (Å²) in [5, 5.41) is 3.00. The maximum absolute atomic E-state index is 12.3. The third kappa shape index (κ3) is 4.76. The van der Waals surface area contributed by atoms with Gasteiger partial charge >= 0.3 is 0 Å². The number of nitrogens with one attached hydrogen (secondary N) is 1. The molecular weight excluding hydrogens is 236 g/mol. The van der Waals surface area contributed by atoms with E-state index < -0.39 is 0 Å². The zero-order valence-electron chi connectivity index (χ0n) is 11.9. The van der Waals surface area contributed by atoms with Gasteiger partial charge in [0.2, 0.25) is 0 Å². The summed E-state index contributed by atoms with van der Waals surface area (Å²) < 4.78 is 0. The molecule has 1 aromatic carbocycles. The Morgan fingerprint density at radius 3 is 2.84 bits per heavy atom. The van der Waals surface area contributed by atoms with E-state index in [2.05, 4.69) is 24.1 Å². The van der Waals surface area contributed by atoms with E-state index in [0.717, 1.165) is 24.0 Å². The van der Waals surface area contributed by atoms with Crippen LogP contribution < -0.4 is 11.1 Å². The van der Waals surface area contributed by atoms with E-state index in [1.54, 1.807) is 0 Å². The first-order valence-electron chi connectivity index (χ1n) is 6.69. The highest BCUT2D eigenvalue weighted by molar-refractivity contribution is 5.97. The quantitative estimate of drug-likeness (QED) is 0.814. The predicted octanol–water partition coefficient (Wildman–Crippen LogP) is 2.22. The smallest absolute Gasteiger partial charge is 0.252 e. The first-order chi connectivity index (χ1) is 9.08. The molecule has 1 amide bonds. The number of nitrogens with two attached hydrogens (primary N) is 1. The van der Waals surface area contributed by atoms with Gasteiger partial charge in [-0.05, 0) is 32.4 Å². The molecule has 0 heterocycles. The van der Waals surface area contributed by atoms with Gasteiger partial charge in [0.25, 0.3) is 5.91 Å². The van der Waals surface area contributed by atoms with E-state index in [1.807, 2.05) is 32.0 Å². The highest BCUT2D eigenvalue weighted by Gasteiger charge is 2.12. The Hall–Kier alpha value is -1.79. The van der Waals surface area contributed by atoms with E-state index in [9.17, 15) is 4.79 Å². The summed E-state index contributed by atoms with van der Waals surface area (Å²) in [4.78, 5) is 12.3. The van der Waals surface area contributed by atoms with E-state index >= 15 is 0 Å². The minimum atomic E-state index is -0.0639. The molecule has 19 heavy (non-hydrogen) atoms. The fourth-order valence-corrected chi connectivity index (χ4v) is 1.91. The lowest BCUT2D eigenvalue weighted by atomic mass is 10.0. The van der Waals surface area contributed by atoms with Gasteiger partial charge in [0.1, 0.15) is 0 Å². The molecule has 1 atom stereocenters. The summed E-state index contributed by atoms with van der Waals surface area (Å²) in [5.74, 6) is 5.68. The van der Waals surface area contributed by atoms with Crippen molar-refractivity contribution in [2.24, 2.45) is 5.73 Å². The topological polar surface area (TPSA) is 55.1 Å². The molecule has 0 aliphatic rings. The summed E-state index contributed by atoms with van der Waals surface area (Å²) in [6.45, 7) is 6.38. The van der Waals surface area contributed by atoms with Crippen molar-refractivity contribution < 1.29 is 4.79 Å². The molecule has 0 saturated carbocycles. The number of aryl methyl sites for hydroxylation is 1. The Morgan fingerprint density at radius 1 is 1.47 bits per heavy atom. The summed E-state index contributed by atoms with van der Waals surface area (Å²) >= 11 is 0. The van der Waals surface area contributed by atoms with Crippen molar-refractivity contribution >= 4 is 5.91 Å². The zero-order chi connectivity index (χ0) is 14.3. The predicted molar refractivity (Wildman–Crippen MR) is 78.9 cm³/mol. The lowest BCUT2D eigenvalue weighted by Crippen LogP contribution is -2.32. The average molecular weight is 258 g/mol. The van der Waals surface area contributed by atoms with Crippen molar-refractivity contribution in [3.8, 4) is 11.8 Å². The molecule has 3 heteroatoms. The van der Waals surface area contributed by atoms with Gasteiger partial charge in [0, 0.05) is 11.6 Å². The first kappa shape index (κ1) is 15.3. The Bertz CT molecular complexity index is 497. The van der Waals surface area contributed by atoms with Gasteiger partial charge < -0.3 is 11.1 Å². The maximum Gasteiger partial charge on any atom is 0.252 e. The molecule has 0 aliphatic carbocycles. The molecule has 3 nitrogen and oxygen atoms in total. The number of amides is 1. The monoisotopic (exact) mass is 258 g/mol. The molecule has 102 valence electrons. The third-order valence-electron chi connectivity index (χ3n) is 2.84. The molecule has 3 N–H and O–H groups in total. The molecule has 0 aromatic heterocycles. The van der Waals surface area contributed by atoms with Crippen molar-refractivity contribution in [2.45, 2.75) is 39.7 Å². The lowest BCUT2D eigenvalue weighted by Gasteiger charge is -2.14. The molecule has 0 bridgehead atoms. The normalized spacial score (nSPS) is 11.4. The minimum absolute atomic E-state index is 0.0639. The van der Waals surface area contributed by atoms with Crippen LogP contribution in [-0.4, -0.2) is 18.5 Å². The molecule has 0 saturated heterocycles. The van der Waals surface area contributed by atoms with Gasteiger partial charge in [-0.25, -0.2) is 0 Å². The van der Waals surface area contributed by atoms with Crippen molar-refractivity contribution in [1.82, 2.24) is 5.32 Å². The number of benzene rings is 1. The van der Waals surface area contributed by atoms with Crippen LogP contribution in [0, 0.1) is 18.8 Å². The molecule has 0 radical (unpaired) electrons. The number of hydrogen-bond donors (Lipinski definition) is 2. The van der Waals surface area contributed by atoms with Crippen molar-refractivity contribution in [1.29, 1.82) is 0 Å². The molecule has 0 fully saturated rings. The van der Waals surface area contributed by atoms with Crippen molar-refractivity contribution in [2.75, 3.05) is 6.54 Å². The molecule has 0 spiro atoms. The molecular formula is C16H22N2O. The molecule has 1 unspecified atom stereocenters. The van der Waals surface area contributed by atoms with Crippen LogP contribution in [0.4, 0.5) is 0 Å². The van der Waals surface area contributed by atoms with Crippen LogP contribution in [0.25, 0.3) is 0 Å². The molecule has 0 aliphatic heterocycles. The summed E-state index contributed by atoms with van der Waals surface area (Å²) in [7, 11) is 0.